The van der Waals surface area contributed by atoms with Gasteiger partial charge in [0.25, 0.3) is 0 Å². The van der Waals surface area contributed by atoms with Crippen molar-refractivity contribution in [3.8, 4) is 0 Å². The molecule has 0 amide bonds. The number of aryl methyl sites for hydroxylation is 1. The normalized spacial score (nSPS) is 18.3. The van der Waals surface area contributed by atoms with Gasteiger partial charge in [-0.25, -0.2) is 9.50 Å². The summed E-state index contributed by atoms with van der Waals surface area (Å²) in [5.74, 6) is 0.371. The number of rotatable bonds is 4. The molecule has 26 heavy (non-hydrogen) atoms. The van der Waals surface area contributed by atoms with Crippen LogP contribution >= 0.6 is 11.6 Å². The maximum absolute atomic E-state index is 11.4. The summed E-state index contributed by atoms with van der Waals surface area (Å²) in [4.78, 5) is 18.6. The molecule has 1 atom stereocenters. The van der Waals surface area contributed by atoms with Gasteiger partial charge >= 0.3 is 0 Å². The lowest BCUT2D eigenvalue weighted by Gasteiger charge is -2.32. The van der Waals surface area contributed by atoms with E-state index in [1.807, 2.05) is 31.3 Å². The lowest BCUT2D eigenvalue weighted by atomic mass is 9.94. The fraction of sp³-hybridized carbons (Fsp3) is 0.350. The predicted octanol–water partition coefficient (Wildman–Crippen LogP) is 3.88. The number of nitrogens with zero attached hydrogens (tertiary/aromatic N) is 4. The summed E-state index contributed by atoms with van der Waals surface area (Å²) in [6, 6.07) is 10.1. The van der Waals surface area contributed by atoms with Gasteiger partial charge in [0.05, 0.1) is 11.3 Å². The van der Waals surface area contributed by atoms with E-state index in [4.69, 9.17) is 16.6 Å². The SMILES string of the molecule is Cc1nn2ccc(C3CCCN(Cc4ccc(Cl)cc4)C3)nc2c1C=O. The highest BCUT2D eigenvalue weighted by Gasteiger charge is 2.23. The van der Waals surface area contributed by atoms with Crippen LogP contribution in [0.2, 0.25) is 5.02 Å². The van der Waals surface area contributed by atoms with Gasteiger partial charge < -0.3 is 0 Å². The van der Waals surface area contributed by atoms with Crippen LogP contribution in [0, 0.1) is 6.92 Å². The minimum atomic E-state index is 0.371. The summed E-state index contributed by atoms with van der Waals surface area (Å²) in [7, 11) is 0. The average molecular weight is 369 g/mol. The van der Waals surface area contributed by atoms with Gasteiger partial charge in [0, 0.05) is 35.9 Å². The van der Waals surface area contributed by atoms with Crippen molar-refractivity contribution < 1.29 is 4.79 Å². The van der Waals surface area contributed by atoms with E-state index in [0.29, 0.717) is 17.1 Å². The number of aldehydes is 1. The second-order valence-corrected chi connectivity index (χ2v) is 7.37. The smallest absolute Gasteiger partial charge is 0.166 e. The fourth-order valence-electron chi connectivity index (χ4n) is 3.72. The van der Waals surface area contributed by atoms with E-state index in [1.54, 1.807) is 4.52 Å². The van der Waals surface area contributed by atoms with Gasteiger partial charge in [0.15, 0.2) is 11.9 Å². The van der Waals surface area contributed by atoms with Crippen LogP contribution in [-0.2, 0) is 6.54 Å². The molecule has 1 unspecified atom stereocenters. The van der Waals surface area contributed by atoms with E-state index in [9.17, 15) is 4.79 Å². The van der Waals surface area contributed by atoms with Gasteiger partial charge in [-0.15, -0.1) is 0 Å². The van der Waals surface area contributed by atoms with Crippen molar-refractivity contribution in [2.45, 2.75) is 32.2 Å². The molecule has 0 radical (unpaired) electrons. The highest BCUT2D eigenvalue weighted by Crippen LogP contribution is 2.27. The minimum Gasteiger partial charge on any atom is -0.298 e. The molecule has 3 aromatic rings. The summed E-state index contributed by atoms with van der Waals surface area (Å²) in [5, 5.41) is 5.12. The molecule has 1 aromatic carbocycles. The predicted molar refractivity (Wildman–Crippen MR) is 102 cm³/mol. The van der Waals surface area contributed by atoms with Crippen LogP contribution in [0.25, 0.3) is 5.65 Å². The van der Waals surface area contributed by atoms with Crippen molar-refractivity contribution in [3.63, 3.8) is 0 Å². The molecule has 2 aromatic heterocycles. The third-order valence-electron chi connectivity index (χ3n) is 5.09. The molecule has 0 aliphatic carbocycles. The Morgan fingerprint density at radius 3 is 2.85 bits per heavy atom. The van der Waals surface area contributed by atoms with Gasteiger partial charge in [0.1, 0.15) is 0 Å². The number of piperidine rings is 1. The van der Waals surface area contributed by atoms with Crippen LogP contribution in [0.4, 0.5) is 0 Å². The molecule has 6 heteroatoms. The summed E-state index contributed by atoms with van der Waals surface area (Å²) >= 11 is 5.98. The summed E-state index contributed by atoms with van der Waals surface area (Å²) < 4.78 is 1.69. The van der Waals surface area contributed by atoms with Gasteiger partial charge in [-0.1, -0.05) is 23.7 Å². The van der Waals surface area contributed by atoms with E-state index < -0.39 is 0 Å². The highest BCUT2D eigenvalue weighted by molar-refractivity contribution is 6.30. The van der Waals surface area contributed by atoms with E-state index in [0.717, 1.165) is 55.2 Å². The number of hydrogen-bond donors (Lipinski definition) is 0. The zero-order valence-corrected chi connectivity index (χ0v) is 15.5. The van der Waals surface area contributed by atoms with Gasteiger partial charge in [-0.05, 0) is 50.1 Å². The van der Waals surface area contributed by atoms with Crippen molar-refractivity contribution >= 4 is 23.5 Å². The molecule has 1 aliphatic heterocycles. The van der Waals surface area contributed by atoms with E-state index in [1.165, 1.54) is 5.56 Å². The molecule has 0 N–H and O–H groups in total. The molecule has 1 fully saturated rings. The monoisotopic (exact) mass is 368 g/mol. The molecule has 1 saturated heterocycles. The summed E-state index contributed by atoms with van der Waals surface area (Å²) in [6.45, 7) is 4.82. The summed E-state index contributed by atoms with van der Waals surface area (Å²) in [5.41, 5.74) is 4.28. The van der Waals surface area contributed by atoms with Gasteiger partial charge in [-0.3, -0.25) is 9.69 Å². The van der Waals surface area contributed by atoms with Crippen LogP contribution in [-0.4, -0.2) is 38.9 Å². The van der Waals surface area contributed by atoms with Crippen LogP contribution in [0.3, 0.4) is 0 Å². The van der Waals surface area contributed by atoms with Crippen LogP contribution in [0.5, 0.6) is 0 Å². The van der Waals surface area contributed by atoms with Gasteiger partial charge in [0.2, 0.25) is 0 Å². The molecular weight excluding hydrogens is 348 g/mol. The van der Waals surface area contributed by atoms with Gasteiger partial charge in [-0.2, -0.15) is 5.10 Å². The maximum Gasteiger partial charge on any atom is 0.166 e. The lowest BCUT2D eigenvalue weighted by Crippen LogP contribution is -2.34. The van der Waals surface area contributed by atoms with Crippen molar-refractivity contribution in [1.29, 1.82) is 0 Å². The minimum absolute atomic E-state index is 0.371. The molecule has 4 rings (SSSR count). The quantitative estimate of drug-likeness (QED) is 0.656. The average Bonchev–Trinajstić information content (AvgIpc) is 2.98. The number of likely N-dealkylation sites (tertiary alicyclic amines) is 1. The molecule has 0 bridgehead atoms. The summed E-state index contributed by atoms with van der Waals surface area (Å²) in [6.07, 6.45) is 5.02. The van der Waals surface area contributed by atoms with Crippen LogP contribution < -0.4 is 0 Å². The maximum atomic E-state index is 11.4. The number of carbonyl (C=O) groups is 1. The molecule has 5 nitrogen and oxygen atoms in total. The standard InChI is InChI=1S/C20H21ClN4O/c1-14-18(13-26)20-22-19(8-10-25(20)23-14)16-3-2-9-24(12-16)11-15-4-6-17(21)7-5-15/h4-8,10,13,16H,2-3,9,11-12H2,1H3. The Hall–Kier alpha value is -2.24. The van der Waals surface area contributed by atoms with Crippen molar-refractivity contribution in [1.82, 2.24) is 19.5 Å². The fourth-order valence-corrected chi connectivity index (χ4v) is 3.85. The zero-order valence-electron chi connectivity index (χ0n) is 14.7. The number of carbonyl (C=O) groups excluding carboxylic acids is 1. The number of fused-ring (bicyclic) bond motifs is 1. The van der Waals surface area contributed by atoms with Crippen LogP contribution in [0.15, 0.2) is 36.5 Å². The number of aromatic nitrogens is 3. The zero-order chi connectivity index (χ0) is 18.1. The second-order valence-electron chi connectivity index (χ2n) is 6.94. The Kier molecular flexibility index (Phi) is 4.74. The molecule has 0 saturated carbocycles. The molecule has 134 valence electrons. The molecule has 0 spiro atoms. The van der Waals surface area contributed by atoms with Crippen LogP contribution in [0.1, 0.15) is 46.1 Å². The van der Waals surface area contributed by atoms with E-state index in [-0.39, 0.29) is 0 Å². The number of halogens is 1. The largest absolute Gasteiger partial charge is 0.298 e. The van der Waals surface area contributed by atoms with E-state index in [2.05, 4.69) is 22.1 Å². The first kappa shape index (κ1) is 17.2. The first-order valence-electron chi connectivity index (χ1n) is 8.92. The second kappa shape index (κ2) is 7.17. The number of benzene rings is 1. The third kappa shape index (κ3) is 3.37. The molecule has 3 heterocycles. The Bertz CT molecular complexity index is 935. The first-order chi connectivity index (χ1) is 12.6. The van der Waals surface area contributed by atoms with Crippen molar-refractivity contribution in [2.24, 2.45) is 0 Å². The Labute approximate surface area is 157 Å². The first-order valence-corrected chi connectivity index (χ1v) is 9.29. The third-order valence-corrected chi connectivity index (χ3v) is 5.34. The number of hydrogen-bond acceptors (Lipinski definition) is 4. The molecule has 1 aliphatic rings. The lowest BCUT2D eigenvalue weighted by molar-refractivity contribution is 0.112. The molecular formula is C20H21ClN4O. The Balaban J connectivity index is 1.54. The Morgan fingerprint density at radius 1 is 1.27 bits per heavy atom. The van der Waals surface area contributed by atoms with E-state index >= 15 is 0 Å². The Morgan fingerprint density at radius 2 is 2.08 bits per heavy atom. The topological polar surface area (TPSA) is 50.5 Å². The van der Waals surface area contributed by atoms with Crippen molar-refractivity contribution in [2.75, 3.05) is 13.1 Å². The highest BCUT2D eigenvalue weighted by atomic mass is 35.5. The van der Waals surface area contributed by atoms with Crippen molar-refractivity contribution in [3.05, 3.63) is 64.1 Å².